The Kier molecular flexibility index (Phi) is 5.67. The number of rotatable bonds is 7. The Morgan fingerprint density at radius 2 is 2.05 bits per heavy atom. The zero-order valence-electron chi connectivity index (χ0n) is 13.6. The van der Waals surface area contributed by atoms with Gasteiger partial charge in [-0.25, -0.2) is 4.79 Å². The predicted molar refractivity (Wildman–Crippen MR) is 82.8 cm³/mol. The molecule has 2 rings (SSSR count). The van der Waals surface area contributed by atoms with Gasteiger partial charge in [-0.1, -0.05) is 12.8 Å². The van der Waals surface area contributed by atoms with E-state index in [9.17, 15) is 9.59 Å². The van der Waals surface area contributed by atoms with Gasteiger partial charge in [0.2, 0.25) is 0 Å². The largest absolute Gasteiger partial charge is 0.481 e. The number of amides is 2. The van der Waals surface area contributed by atoms with Gasteiger partial charge in [0.15, 0.2) is 0 Å². The standard InChI is InChI=1S/C16H28N2O4/c1-3-22-13-11-12(16(13)8-4-5-9-16)18(2)15(21)17-10-6-7-14(19)20/h12-13H,3-11H2,1-2H3,(H,17,21)(H,19,20). The molecule has 2 unspecified atom stereocenters. The summed E-state index contributed by atoms with van der Waals surface area (Å²) in [5.41, 5.74) is 0.142. The molecular formula is C16H28N2O4. The molecule has 0 heterocycles. The van der Waals surface area contributed by atoms with Crippen LogP contribution in [0.2, 0.25) is 0 Å². The smallest absolute Gasteiger partial charge is 0.317 e. The van der Waals surface area contributed by atoms with Gasteiger partial charge in [0.05, 0.1) is 6.10 Å². The van der Waals surface area contributed by atoms with Crippen molar-refractivity contribution in [1.29, 1.82) is 0 Å². The lowest BCUT2D eigenvalue weighted by atomic mass is 9.60. The lowest BCUT2D eigenvalue weighted by Gasteiger charge is -2.56. The van der Waals surface area contributed by atoms with Crippen LogP contribution in [0.4, 0.5) is 4.79 Å². The molecule has 2 aliphatic carbocycles. The Hall–Kier alpha value is -1.30. The highest BCUT2D eigenvalue weighted by Crippen LogP contribution is 2.56. The first kappa shape index (κ1) is 17.1. The molecule has 2 saturated carbocycles. The van der Waals surface area contributed by atoms with Gasteiger partial charge in [-0.15, -0.1) is 0 Å². The summed E-state index contributed by atoms with van der Waals surface area (Å²) in [6.45, 7) is 3.16. The molecule has 0 radical (unpaired) electrons. The molecule has 0 aromatic carbocycles. The number of nitrogens with zero attached hydrogens (tertiary/aromatic N) is 1. The Morgan fingerprint density at radius 1 is 1.36 bits per heavy atom. The molecule has 1 spiro atoms. The fourth-order valence-electron chi connectivity index (χ4n) is 4.09. The SMILES string of the molecule is CCOC1CC(N(C)C(=O)NCCCC(=O)O)C12CCCC2. The molecule has 2 aliphatic rings. The highest BCUT2D eigenvalue weighted by molar-refractivity contribution is 5.74. The summed E-state index contributed by atoms with van der Waals surface area (Å²) in [6.07, 6.45) is 6.45. The molecule has 0 aromatic heterocycles. The average molecular weight is 312 g/mol. The molecule has 2 N–H and O–H groups in total. The minimum absolute atomic E-state index is 0.0871. The number of nitrogens with one attached hydrogen (secondary N) is 1. The average Bonchev–Trinajstić information content (AvgIpc) is 2.99. The zero-order chi connectivity index (χ0) is 16.2. The van der Waals surface area contributed by atoms with Gasteiger partial charge in [0.1, 0.15) is 0 Å². The van der Waals surface area contributed by atoms with Crippen LogP contribution in [0.5, 0.6) is 0 Å². The van der Waals surface area contributed by atoms with E-state index in [1.807, 2.05) is 18.9 Å². The third-order valence-electron chi connectivity index (χ3n) is 5.28. The highest BCUT2D eigenvalue weighted by atomic mass is 16.5. The van der Waals surface area contributed by atoms with E-state index in [4.69, 9.17) is 9.84 Å². The van der Waals surface area contributed by atoms with Crippen molar-refractivity contribution in [3.8, 4) is 0 Å². The highest BCUT2D eigenvalue weighted by Gasteiger charge is 2.58. The third-order valence-corrected chi connectivity index (χ3v) is 5.28. The zero-order valence-corrected chi connectivity index (χ0v) is 13.6. The van der Waals surface area contributed by atoms with Gasteiger partial charge >= 0.3 is 12.0 Å². The predicted octanol–water partition coefficient (Wildman–Crippen LogP) is 2.23. The Morgan fingerprint density at radius 3 is 2.64 bits per heavy atom. The van der Waals surface area contributed by atoms with Crippen LogP contribution in [0.1, 0.15) is 51.9 Å². The topological polar surface area (TPSA) is 78.9 Å². The quantitative estimate of drug-likeness (QED) is 0.707. The maximum Gasteiger partial charge on any atom is 0.317 e. The molecule has 0 aromatic rings. The third kappa shape index (κ3) is 3.37. The van der Waals surface area contributed by atoms with E-state index in [2.05, 4.69) is 5.32 Å². The number of carbonyl (C=O) groups is 2. The molecule has 2 fully saturated rings. The number of hydrogen-bond donors (Lipinski definition) is 2. The number of urea groups is 1. The van der Waals surface area contributed by atoms with Crippen LogP contribution in [0.3, 0.4) is 0 Å². The first-order valence-electron chi connectivity index (χ1n) is 8.35. The van der Waals surface area contributed by atoms with Gasteiger partial charge < -0.3 is 20.1 Å². The Labute approximate surface area is 132 Å². The van der Waals surface area contributed by atoms with Crippen molar-refractivity contribution >= 4 is 12.0 Å². The van der Waals surface area contributed by atoms with E-state index in [0.717, 1.165) is 25.9 Å². The lowest BCUT2D eigenvalue weighted by molar-refractivity contribution is -0.151. The van der Waals surface area contributed by atoms with E-state index in [-0.39, 0.29) is 30.0 Å². The second-order valence-corrected chi connectivity index (χ2v) is 6.48. The van der Waals surface area contributed by atoms with Crippen LogP contribution in [-0.2, 0) is 9.53 Å². The molecule has 2 atom stereocenters. The summed E-state index contributed by atoms with van der Waals surface area (Å²) in [4.78, 5) is 24.5. The maximum absolute atomic E-state index is 12.3. The molecule has 0 aliphatic heterocycles. The van der Waals surface area contributed by atoms with Crippen molar-refractivity contribution in [2.75, 3.05) is 20.2 Å². The van der Waals surface area contributed by atoms with E-state index in [0.29, 0.717) is 13.0 Å². The van der Waals surface area contributed by atoms with Gasteiger partial charge in [-0.3, -0.25) is 4.79 Å². The second-order valence-electron chi connectivity index (χ2n) is 6.48. The van der Waals surface area contributed by atoms with Gasteiger partial charge in [-0.2, -0.15) is 0 Å². The Bertz CT molecular complexity index is 407. The van der Waals surface area contributed by atoms with Crippen molar-refractivity contribution in [1.82, 2.24) is 10.2 Å². The summed E-state index contributed by atoms with van der Waals surface area (Å²) >= 11 is 0. The van der Waals surface area contributed by atoms with E-state index >= 15 is 0 Å². The number of aliphatic carboxylic acids is 1. The van der Waals surface area contributed by atoms with E-state index in [1.165, 1.54) is 12.8 Å². The molecule has 0 saturated heterocycles. The Balaban J connectivity index is 1.85. The summed E-state index contributed by atoms with van der Waals surface area (Å²) < 4.78 is 5.88. The fourth-order valence-corrected chi connectivity index (χ4v) is 4.09. The minimum atomic E-state index is -0.828. The molecule has 22 heavy (non-hydrogen) atoms. The van der Waals surface area contributed by atoms with Crippen LogP contribution in [-0.4, -0.2) is 54.4 Å². The number of carboxylic acid groups (broad SMARTS) is 1. The summed E-state index contributed by atoms with van der Waals surface area (Å²) in [7, 11) is 1.85. The fraction of sp³-hybridized carbons (Fsp3) is 0.875. The first-order valence-corrected chi connectivity index (χ1v) is 8.35. The van der Waals surface area contributed by atoms with E-state index < -0.39 is 5.97 Å². The monoisotopic (exact) mass is 312 g/mol. The van der Waals surface area contributed by atoms with Crippen LogP contribution in [0.25, 0.3) is 0 Å². The molecule has 0 bridgehead atoms. The molecule has 6 heteroatoms. The molecule has 6 nitrogen and oxygen atoms in total. The number of carboxylic acids is 1. The normalized spacial score (nSPS) is 25.7. The summed E-state index contributed by atoms with van der Waals surface area (Å²) in [5, 5.41) is 11.4. The number of hydrogen-bond acceptors (Lipinski definition) is 3. The molecule has 126 valence electrons. The second kappa shape index (κ2) is 7.31. The van der Waals surface area contributed by atoms with Crippen molar-refractivity contribution in [2.24, 2.45) is 5.41 Å². The van der Waals surface area contributed by atoms with Gasteiger partial charge in [0, 0.05) is 38.1 Å². The van der Waals surface area contributed by atoms with Crippen LogP contribution >= 0.6 is 0 Å². The molecular weight excluding hydrogens is 284 g/mol. The van der Waals surface area contributed by atoms with Crippen LogP contribution in [0, 0.1) is 5.41 Å². The first-order chi connectivity index (χ1) is 10.5. The number of ether oxygens (including phenoxy) is 1. The summed E-state index contributed by atoms with van der Waals surface area (Å²) in [5.74, 6) is -0.828. The van der Waals surface area contributed by atoms with Crippen molar-refractivity contribution < 1.29 is 19.4 Å². The van der Waals surface area contributed by atoms with Gasteiger partial charge in [0.25, 0.3) is 0 Å². The minimum Gasteiger partial charge on any atom is -0.481 e. The molecule has 2 amide bonds. The van der Waals surface area contributed by atoms with Crippen molar-refractivity contribution in [3.05, 3.63) is 0 Å². The van der Waals surface area contributed by atoms with E-state index in [1.54, 1.807) is 0 Å². The number of carbonyl (C=O) groups excluding carboxylic acids is 1. The van der Waals surface area contributed by atoms with Crippen molar-refractivity contribution in [3.63, 3.8) is 0 Å². The van der Waals surface area contributed by atoms with Crippen LogP contribution < -0.4 is 5.32 Å². The maximum atomic E-state index is 12.3. The lowest BCUT2D eigenvalue weighted by Crippen LogP contribution is -2.65. The summed E-state index contributed by atoms with van der Waals surface area (Å²) in [6, 6.07) is 0.141. The van der Waals surface area contributed by atoms with Gasteiger partial charge in [-0.05, 0) is 32.6 Å². The van der Waals surface area contributed by atoms with Crippen LogP contribution in [0.15, 0.2) is 0 Å². The van der Waals surface area contributed by atoms with Crippen molar-refractivity contribution in [2.45, 2.75) is 64.0 Å².